The maximum absolute atomic E-state index is 13.1. The molecule has 0 aliphatic carbocycles. The van der Waals surface area contributed by atoms with Crippen molar-refractivity contribution in [1.29, 1.82) is 0 Å². The van der Waals surface area contributed by atoms with E-state index in [4.69, 9.17) is 5.73 Å². The first kappa shape index (κ1) is 14.8. The van der Waals surface area contributed by atoms with Crippen molar-refractivity contribution in [1.82, 2.24) is 0 Å². The average molecular weight is 289 g/mol. The summed E-state index contributed by atoms with van der Waals surface area (Å²) in [4.78, 5) is 12.1. The van der Waals surface area contributed by atoms with Crippen molar-refractivity contribution in [3.05, 3.63) is 53.8 Å². The first-order valence-electron chi connectivity index (χ1n) is 6.37. The van der Waals surface area contributed by atoms with Gasteiger partial charge in [0.2, 0.25) is 0 Å². The number of hydrogen-bond acceptors (Lipinski definition) is 4. The van der Waals surface area contributed by atoms with E-state index in [-0.39, 0.29) is 11.4 Å². The van der Waals surface area contributed by atoms with E-state index in [1.54, 1.807) is 31.2 Å². The first-order chi connectivity index (χ1) is 9.95. The third-order valence-corrected chi connectivity index (χ3v) is 2.79. The van der Waals surface area contributed by atoms with Crippen molar-refractivity contribution in [2.45, 2.75) is 13.2 Å². The fourth-order valence-electron chi connectivity index (χ4n) is 1.79. The molecule has 1 amide bonds. The number of aliphatic hydroxyl groups is 1. The molecule has 0 spiro atoms. The molecule has 2 aromatic rings. The second-order valence-corrected chi connectivity index (χ2v) is 4.58. The predicted molar refractivity (Wildman–Crippen MR) is 80.5 cm³/mol. The lowest BCUT2D eigenvalue weighted by molar-refractivity contribution is 0.102. The van der Waals surface area contributed by atoms with E-state index in [2.05, 4.69) is 10.6 Å². The topological polar surface area (TPSA) is 87.4 Å². The van der Waals surface area contributed by atoms with Gasteiger partial charge < -0.3 is 21.5 Å². The number of rotatable bonds is 4. The summed E-state index contributed by atoms with van der Waals surface area (Å²) in [6, 6.07) is 10.3. The highest BCUT2D eigenvalue weighted by molar-refractivity contribution is 6.05. The predicted octanol–water partition coefficient (Wildman–Crippen LogP) is 2.41. The lowest BCUT2D eigenvalue weighted by Crippen LogP contribution is -2.15. The smallest absolute Gasteiger partial charge is 0.255 e. The second kappa shape index (κ2) is 6.23. The Morgan fingerprint density at radius 3 is 2.52 bits per heavy atom. The summed E-state index contributed by atoms with van der Waals surface area (Å²) in [5.74, 6) is -0.869. The van der Waals surface area contributed by atoms with Gasteiger partial charge in [0.1, 0.15) is 12.0 Å². The molecule has 0 radical (unpaired) electrons. The van der Waals surface area contributed by atoms with Crippen LogP contribution < -0.4 is 16.4 Å². The molecule has 0 saturated carbocycles. The molecule has 2 aromatic carbocycles. The van der Waals surface area contributed by atoms with Gasteiger partial charge in [0.05, 0.1) is 11.4 Å². The van der Waals surface area contributed by atoms with Crippen LogP contribution in [0.3, 0.4) is 0 Å². The molecule has 1 unspecified atom stereocenters. The van der Waals surface area contributed by atoms with Crippen LogP contribution in [0.15, 0.2) is 42.5 Å². The number of carbonyl (C=O) groups is 1. The minimum atomic E-state index is -0.684. The van der Waals surface area contributed by atoms with Gasteiger partial charge in [-0.1, -0.05) is 0 Å². The van der Waals surface area contributed by atoms with E-state index in [0.29, 0.717) is 11.3 Å². The highest BCUT2D eigenvalue weighted by atomic mass is 19.1. The Hall–Kier alpha value is -2.60. The molecule has 6 heteroatoms. The zero-order valence-corrected chi connectivity index (χ0v) is 11.4. The minimum Gasteiger partial charge on any atom is -0.397 e. The van der Waals surface area contributed by atoms with Crippen LogP contribution in [0.1, 0.15) is 17.3 Å². The zero-order valence-electron chi connectivity index (χ0n) is 11.4. The Morgan fingerprint density at radius 1 is 1.24 bits per heavy atom. The average Bonchev–Trinajstić information content (AvgIpc) is 2.43. The zero-order chi connectivity index (χ0) is 15.4. The van der Waals surface area contributed by atoms with Gasteiger partial charge in [-0.25, -0.2) is 4.39 Å². The molecule has 21 heavy (non-hydrogen) atoms. The summed E-state index contributed by atoms with van der Waals surface area (Å²) in [6.07, 6.45) is -0.684. The molecular weight excluding hydrogens is 273 g/mol. The van der Waals surface area contributed by atoms with Gasteiger partial charge in [0, 0.05) is 11.3 Å². The number of hydrogen-bond donors (Lipinski definition) is 4. The molecule has 0 aromatic heterocycles. The molecule has 5 N–H and O–H groups in total. The van der Waals surface area contributed by atoms with Crippen molar-refractivity contribution in [3.63, 3.8) is 0 Å². The summed E-state index contributed by atoms with van der Waals surface area (Å²) in [5.41, 5.74) is 7.28. The fourth-order valence-corrected chi connectivity index (χ4v) is 1.79. The maximum atomic E-state index is 13.1. The first-order valence-corrected chi connectivity index (χ1v) is 6.37. The molecule has 0 saturated heterocycles. The second-order valence-electron chi connectivity index (χ2n) is 4.58. The van der Waals surface area contributed by atoms with E-state index in [0.717, 1.165) is 6.07 Å². The van der Waals surface area contributed by atoms with Crippen LogP contribution >= 0.6 is 0 Å². The number of amides is 1. The van der Waals surface area contributed by atoms with Crippen LogP contribution in [0.4, 0.5) is 21.5 Å². The van der Waals surface area contributed by atoms with Gasteiger partial charge in [0.25, 0.3) is 5.91 Å². The maximum Gasteiger partial charge on any atom is 0.255 e. The summed E-state index contributed by atoms with van der Waals surface area (Å²) in [5, 5.41) is 14.5. The van der Waals surface area contributed by atoms with E-state index in [1.807, 2.05) is 0 Å². The molecule has 110 valence electrons. The molecule has 0 heterocycles. The van der Waals surface area contributed by atoms with Crippen LogP contribution in [0.2, 0.25) is 0 Å². The Kier molecular flexibility index (Phi) is 4.39. The molecule has 0 aliphatic rings. The van der Waals surface area contributed by atoms with E-state index in [1.165, 1.54) is 12.1 Å². The van der Waals surface area contributed by atoms with Crippen molar-refractivity contribution in [2.24, 2.45) is 0 Å². The van der Waals surface area contributed by atoms with Crippen LogP contribution in [0.25, 0.3) is 0 Å². The van der Waals surface area contributed by atoms with Crippen molar-refractivity contribution >= 4 is 23.0 Å². The van der Waals surface area contributed by atoms with Crippen LogP contribution in [-0.4, -0.2) is 17.2 Å². The third-order valence-electron chi connectivity index (χ3n) is 2.79. The highest BCUT2D eigenvalue weighted by Crippen LogP contribution is 2.20. The standard InChI is InChI=1S/C15H16FN3O2/c1-9(20)18-12-5-2-10(3-6-12)15(21)19-14-8-11(16)4-7-13(14)17/h2-9,18,20H,17H2,1H3,(H,19,21). The van der Waals surface area contributed by atoms with Gasteiger partial charge in [0.15, 0.2) is 0 Å². The molecule has 0 fully saturated rings. The SMILES string of the molecule is CC(O)Nc1ccc(C(=O)Nc2cc(F)ccc2N)cc1. The largest absolute Gasteiger partial charge is 0.397 e. The number of benzene rings is 2. The number of nitrogen functional groups attached to an aromatic ring is 1. The number of halogens is 1. The van der Waals surface area contributed by atoms with E-state index in [9.17, 15) is 14.3 Å². The van der Waals surface area contributed by atoms with Gasteiger partial charge in [-0.15, -0.1) is 0 Å². The molecule has 0 aliphatic heterocycles. The molecule has 2 rings (SSSR count). The Balaban J connectivity index is 2.11. The number of aliphatic hydroxyl groups excluding tert-OH is 1. The Bertz CT molecular complexity index is 642. The lowest BCUT2D eigenvalue weighted by atomic mass is 10.2. The number of nitrogens with one attached hydrogen (secondary N) is 2. The summed E-state index contributed by atoms with van der Waals surface area (Å²) in [6.45, 7) is 1.59. The van der Waals surface area contributed by atoms with Crippen molar-refractivity contribution < 1.29 is 14.3 Å². The van der Waals surface area contributed by atoms with Crippen molar-refractivity contribution in [3.8, 4) is 0 Å². The monoisotopic (exact) mass is 289 g/mol. The number of anilines is 3. The number of carbonyl (C=O) groups excluding carboxylic acids is 1. The van der Waals surface area contributed by atoms with Gasteiger partial charge >= 0.3 is 0 Å². The summed E-state index contributed by atoms with van der Waals surface area (Å²) >= 11 is 0. The molecular formula is C15H16FN3O2. The van der Waals surface area contributed by atoms with Crippen LogP contribution in [0.5, 0.6) is 0 Å². The van der Waals surface area contributed by atoms with Gasteiger partial charge in [-0.3, -0.25) is 4.79 Å². The van der Waals surface area contributed by atoms with Gasteiger partial charge in [-0.05, 0) is 49.4 Å². The quantitative estimate of drug-likeness (QED) is 0.514. The van der Waals surface area contributed by atoms with E-state index >= 15 is 0 Å². The minimum absolute atomic E-state index is 0.228. The fraction of sp³-hybridized carbons (Fsp3) is 0.133. The molecule has 1 atom stereocenters. The Morgan fingerprint density at radius 2 is 1.90 bits per heavy atom. The summed E-state index contributed by atoms with van der Waals surface area (Å²) < 4.78 is 13.1. The normalized spacial score (nSPS) is 11.8. The Labute approximate surface area is 121 Å². The molecule has 5 nitrogen and oxygen atoms in total. The van der Waals surface area contributed by atoms with Crippen LogP contribution in [0, 0.1) is 5.82 Å². The summed E-state index contributed by atoms with van der Waals surface area (Å²) in [7, 11) is 0. The molecule has 0 bridgehead atoms. The van der Waals surface area contributed by atoms with Crippen molar-refractivity contribution in [2.75, 3.05) is 16.4 Å². The van der Waals surface area contributed by atoms with Crippen LogP contribution in [-0.2, 0) is 0 Å². The third kappa shape index (κ3) is 3.93. The lowest BCUT2D eigenvalue weighted by Gasteiger charge is -2.11. The highest BCUT2D eigenvalue weighted by Gasteiger charge is 2.09. The van der Waals surface area contributed by atoms with Gasteiger partial charge in [-0.2, -0.15) is 0 Å². The van der Waals surface area contributed by atoms with E-state index < -0.39 is 18.0 Å². The number of nitrogens with two attached hydrogens (primary N) is 1.